The average Bonchev–Trinajstić information content (AvgIpc) is 2.69. The summed E-state index contributed by atoms with van der Waals surface area (Å²) in [6.07, 6.45) is 0. The van der Waals surface area contributed by atoms with Gasteiger partial charge in [0.15, 0.2) is 0 Å². The van der Waals surface area contributed by atoms with E-state index in [0.717, 1.165) is 10.6 Å². The van der Waals surface area contributed by atoms with Crippen LogP contribution in [0.15, 0.2) is 58.3 Å². The van der Waals surface area contributed by atoms with Crippen LogP contribution in [-0.2, 0) is 0 Å². The van der Waals surface area contributed by atoms with Gasteiger partial charge in [-0.05, 0) is 25.1 Å². The number of fused-ring (bicyclic) bond motifs is 1. The van der Waals surface area contributed by atoms with E-state index in [2.05, 4.69) is 36.2 Å². The van der Waals surface area contributed by atoms with Gasteiger partial charge in [-0.3, -0.25) is 0 Å². The van der Waals surface area contributed by atoms with Gasteiger partial charge >= 0.3 is 0 Å². The van der Waals surface area contributed by atoms with E-state index >= 15 is 0 Å². The van der Waals surface area contributed by atoms with Gasteiger partial charge in [0.25, 0.3) is 0 Å². The predicted octanol–water partition coefficient (Wildman–Crippen LogP) is 4.21. The molecule has 0 spiro atoms. The highest BCUT2D eigenvalue weighted by Gasteiger charge is 2.10. The lowest BCUT2D eigenvalue weighted by molar-refractivity contribution is 1.23. The number of anilines is 1. The second-order valence-corrected chi connectivity index (χ2v) is 5.32. The van der Waals surface area contributed by atoms with Crippen molar-refractivity contribution in [2.45, 2.75) is 16.7 Å². The summed E-state index contributed by atoms with van der Waals surface area (Å²) < 4.78 is 0. The van der Waals surface area contributed by atoms with Gasteiger partial charge < -0.3 is 10.7 Å². The first kappa shape index (κ1) is 11.2. The molecular weight excluding hydrogens is 240 g/mol. The molecular formula is C15H14N2S. The first-order valence-electron chi connectivity index (χ1n) is 5.85. The molecule has 0 unspecified atom stereocenters. The van der Waals surface area contributed by atoms with E-state index in [0.29, 0.717) is 0 Å². The Balaban J connectivity index is 2.10. The van der Waals surface area contributed by atoms with Crippen molar-refractivity contribution in [1.29, 1.82) is 0 Å². The predicted molar refractivity (Wildman–Crippen MR) is 78.0 cm³/mol. The summed E-state index contributed by atoms with van der Waals surface area (Å²) in [6, 6.07) is 16.3. The fraction of sp³-hybridized carbons (Fsp3) is 0.0667. The Morgan fingerprint density at radius 3 is 2.56 bits per heavy atom. The van der Waals surface area contributed by atoms with Crippen LogP contribution in [0.25, 0.3) is 10.9 Å². The van der Waals surface area contributed by atoms with Crippen LogP contribution in [-0.4, -0.2) is 4.98 Å². The Kier molecular flexibility index (Phi) is 2.76. The molecule has 0 fully saturated rings. The van der Waals surface area contributed by atoms with Crippen LogP contribution in [0.5, 0.6) is 0 Å². The number of aryl methyl sites for hydroxylation is 1. The van der Waals surface area contributed by atoms with Crippen molar-refractivity contribution in [2.24, 2.45) is 0 Å². The number of H-pyrrole nitrogens is 1. The van der Waals surface area contributed by atoms with E-state index in [1.807, 2.05) is 24.3 Å². The maximum atomic E-state index is 6.00. The molecule has 1 heterocycles. The maximum Gasteiger partial charge on any atom is 0.0467 e. The van der Waals surface area contributed by atoms with Gasteiger partial charge in [0, 0.05) is 32.1 Å². The Morgan fingerprint density at radius 1 is 1.00 bits per heavy atom. The van der Waals surface area contributed by atoms with Crippen molar-refractivity contribution in [1.82, 2.24) is 4.98 Å². The number of nitrogens with one attached hydrogen (secondary N) is 1. The van der Waals surface area contributed by atoms with Crippen molar-refractivity contribution < 1.29 is 0 Å². The first-order chi connectivity index (χ1) is 8.75. The van der Waals surface area contributed by atoms with Gasteiger partial charge in [0.05, 0.1) is 0 Å². The van der Waals surface area contributed by atoms with Gasteiger partial charge in [-0.25, -0.2) is 0 Å². The van der Waals surface area contributed by atoms with Crippen molar-refractivity contribution in [2.75, 3.05) is 5.73 Å². The molecule has 0 aliphatic heterocycles. The van der Waals surface area contributed by atoms with Crippen LogP contribution in [0.3, 0.4) is 0 Å². The maximum absolute atomic E-state index is 6.00. The van der Waals surface area contributed by atoms with E-state index in [4.69, 9.17) is 5.73 Å². The summed E-state index contributed by atoms with van der Waals surface area (Å²) in [5.41, 5.74) is 9.18. The quantitative estimate of drug-likeness (QED) is 0.673. The number of aromatic amines is 1. The van der Waals surface area contributed by atoms with Crippen molar-refractivity contribution in [3.05, 3.63) is 54.2 Å². The van der Waals surface area contributed by atoms with E-state index < -0.39 is 0 Å². The van der Waals surface area contributed by atoms with Crippen molar-refractivity contribution in [3.63, 3.8) is 0 Å². The number of rotatable bonds is 2. The number of benzene rings is 2. The highest BCUT2D eigenvalue weighted by molar-refractivity contribution is 7.99. The number of para-hydroxylation sites is 2. The monoisotopic (exact) mass is 254 g/mol. The van der Waals surface area contributed by atoms with Crippen LogP contribution < -0.4 is 5.73 Å². The minimum Gasteiger partial charge on any atom is -0.398 e. The molecule has 3 rings (SSSR count). The third-order valence-corrected chi connectivity index (χ3v) is 4.29. The number of hydrogen-bond donors (Lipinski definition) is 2. The molecule has 0 saturated carbocycles. The number of nitrogen functional groups attached to an aromatic ring is 1. The molecule has 2 aromatic carbocycles. The summed E-state index contributed by atoms with van der Waals surface area (Å²) in [6.45, 7) is 2.10. The lowest BCUT2D eigenvalue weighted by atomic mass is 10.2. The number of nitrogens with two attached hydrogens (primary N) is 1. The molecule has 0 atom stereocenters. The molecule has 0 aliphatic rings. The summed E-state index contributed by atoms with van der Waals surface area (Å²) in [4.78, 5) is 5.76. The molecule has 0 amide bonds. The number of aromatic nitrogens is 1. The minimum atomic E-state index is 0.826. The van der Waals surface area contributed by atoms with Gasteiger partial charge in [-0.2, -0.15) is 0 Å². The van der Waals surface area contributed by atoms with Gasteiger partial charge in [0.1, 0.15) is 0 Å². The zero-order valence-electron chi connectivity index (χ0n) is 10.1. The van der Waals surface area contributed by atoms with Crippen LogP contribution in [0.4, 0.5) is 5.69 Å². The smallest absolute Gasteiger partial charge is 0.0467 e. The topological polar surface area (TPSA) is 41.8 Å². The van der Waals surface area contributed by atoms with Crippen LogP contribution in [0.1, 0.15) is 5.69 Å². The second-order valence-electron chi connectivity index (χ2n) is 4.26. The Hall–Kier alpha value is -1.87. The lowest BCUT2D eigenvalue weighted by Gasteiger charge is -2.05. The molecule has 0 saturated heterocycles. The molecule has 1 aromatic heterocycles. The standard InChI is InChI=1S/C15H14N2S/c1-10-15(11-6-2-4-8-13(11)17-10)18-14-9-5-3-7-12(14)16/h2-9,17H,16H2,1H3. The van der Waals surface area contributed by atoms with E-state index in [1.54, 1.807) is 11.8 Å². The molecule has 0 aliphatic carbocycles. The van der Waals surface area contributed by atoms with Crippen LogP contribution in [0.2, 0.25) is 0 Å². The summed E-state index contributed by atoms with van der Waals surface area (Å²) in [5, 5.41) is 1.25. The minimum absolute atomic E-state index is 0.826. The van der Waals surface area contributed by atoms with E-state index in [9.17, 15) is 0 Å². The van der Waals surface area contributed by atoms with Crippen LogP contribution >= 0.6 is 11.8 Å². The van der Waals surface area contributed by atoms with Crippen molar-refractivity contribution in [3.8, 4) is 0 Å². The van der Waals surface area contributed by atoms with Gasteiger partial charge in [0.2, 0.25) is 0 Å². The molecule has 18 heavy (non-hydrogen) atoms. The highest BCUT2D eigenvalue weighted by atomic mass is 32.2. The molecule has 3 aromatic rings. The Morgan fingerprint density at radius 2 is 1.72 bits per heavy atom. The summed E-state index contributed by atoms with van der Waals surface area (Å²) in [7, 11) is 0. The van der Waals surface area contributed by atoms with Crippen molar-refractivity contribution >= 4 is 28.4 Å². The molecule has 3 N–H and O–H groups in total. The highest BCUT2D eigenvalue weighted by Crippen LogP contribution is 2.38. The molecule has 2 nitrogen and oxygen atoms in total. The summed E-state index contributed by atoms with van der Waals surface area (Å²) in [5.74, 6) is 0. The zero-order valence-corrected chi connectivity index (χ0v) is 10.9. The van der Waals surface area contributed by atoms with E-state index in [1.165, 1.54) is 21.5 Å². The molecule has 0 bridgehead atoms. The van der Waals surface area contributed by atoms with E-state index in [-0.39, 0.29) is 0 Å². The fourth-order valence-electron chi connectivity index (χ4n) is 2.07. The molecule has 0 radical (unpaired) electrons. The second kappa shape index (κ2) is 4.42. The summed E-state index contributed by atoms with van der Waals surface area (Å²) >= 11 is 1.72. The average molecular weight is 254 g/mol. The van der Waals surface area contributed by atoms with Crippen LogP contribution in [0, 0.1) is 6.92 Å². The number of hydrogen-bond acceptors (Lipinski definition) is 2. The fourth-order valence-corrected chi connectivity index (χ4v) is 3.11. The third-order valence-electron chi connectivity index (χ3n) is 2.97. The largest absolute Gasteiger partial charge is 0.398 e. The Bertz CT molecular complexity index is 701. The Labute approximate surface area is 110 Å². The molecule has 3 heteroatoms. The normalized spacial score (nSPS) is 10.9. The van der Waals surface area contributed by atoms with Gasteiger partial charge in [-0.1, -0.05) is 42.1 Å². The first-order valence-corrected chi connectivity index (χ1v) is 6.67. The third kappa shape index (κ3) is 1.87. The van der Waals surface area contributed by atoms with Gasteiger partial charge in [-0.15, -0.1) is 0 Å². The lowest BCUT2D eigenvalue weighted by Crippen LogP contribution is -1.87. The molecule has 90 valence electrons. The zero-order chi connectivity index (χ0) is 12.5. The SMILES string of the molecule is Cc1[nH]c2ccccc2c1Sc1ccccc1N.